The molecule has 2 rings (SSSR count). The van der Waals surface area contributed by atoms with Gasteiger partial charge < -0.3 is 14.9 Å². The average molecular weight is 347 g/mol. The van der Waals surface area contributed by atoms with Crippen LogP contribution in [0.15, 0.2) is 47.6 Å². The summed E-state index contributed by atoms with van der Waals surface area (Å²) in [5.41, 5.74) is 2.42. The third-order valence-electron chi connectivity index (χ3n) is 3.12. The summed E-state index contributed by atoms with van der Waals surface area (Å²) in [6.45, 7) is 4.27. The predicted molar refractivity (Wildman–Crippen MR) is 96.0 cm³/mol. The minimum Gasteiger partial charge on any atom is -0.494 e. The van der Waals surface area contributed by atoms with Crippen molar-refractivity contribution in [1.82, 2.24) is 0 Å². The summed E-state index contributed by atoms with van der Waals surface area (Å²) < 4.78 is 5.35. The smallest absolute Gasteiger partial charge is 0.265 e. The summed E-state index contributed by atoms with van der Waals surface area (Å²) in [6.07, 6.45) is 1.53. The highest BCUT2D eigenvalue weighted by Gasteiger charge is 2.04. The molecule has 0 aliphatic rings. The molecule has 6 heteroatoms. The number of benzene rings is 2. The number of rotatable bonds is 7. The predicted octanol–water partition coefficient (Wildman–Crippen LogP) is 4.04. The number of halogens is 1. The van der Waals surface area contributed by atoms with Gasteiger partial charge in [-0.25, -0.2) is 0 Å². The topological polar surface area (TPSA) is 59.9 Å². The quantitative estimate of drug-likeness (QED) is 0.608. The molecular weight excluding hydrogens is 328 g/mol. The van der Waals surface area contributed by atoms with E-state index in [9.17, 15) is 4.79 Å². The zero-order chi connectivity index (χ0) is 17.4. The second-order valence-electron chi connectivity index (χ2n) is 5.02. The largest absolute Gasteiger partial charge is 0.494 e. The second-order valence-corrected chi connectivity index (χ2v) is 5.43. The standard InChI is InChI=1S/C18H19ClN2O3/c1-3-23-16-8-5-14(6-9-16)11-20-24-12-18(22)21-15-7-4-13(2)17(19)10-15/h4-11H,3,12H2,1-2H3,(H,21,22)/b20-11-. The molecular formula is C18H19ClN2O3. The number of carbonyl (C=O) groups is 1. The van der Waals surface area contributed by atoms with Gasteiger partial charge in [0.25, 0.3) is 5.91 Å². The summed E-state index contributed by atoms with van der Waals surface area (Å²) in [6, 6.07) is 12.7. The Kier molecular flexibility index (Phi) is 6.63. The van der Waals surface area contributed by atoms with Crippen LogP contribution in [0.4, 0.5) is 5.69 Å². The molecule has 0 aliphatic carbocycles. The number of aryl methyl sites for hydroxylation is 1. The average Bonchev–Trinajstić information content (AvgIpc) is 2.57. The maximum Gasteiger partial charge on any atom is 0.265 e. The molecule has 0 unspecified atom stereocenters. The van der Waals surface area contributed by atoms with Gasteiger partial charge in [0.2, 0.25) is 0 Å². The van der Waals surface area contributed by atoms with Gasteiger partial charge in [0, 0.05) is 10.7 Å². The number of hydrogen-bond donors (Lipinski definition) is 1. The third-order valence-corrected chi connectivity index (χ3v) is 3.53. The molecule has 24 heavy (non-hydrogen) atoms. The highest BCUT2D eigenvalue weighted by Crippen LogP contribution is 2.19. The molecule has 1 amide bonds. The molecule has 0 heterocycles. The Bertz CT molecular complexity index is 715. The monoisotopic (exact) mass is 346 g/mol. The molecule has 0 fully saturated rings. The molecule has 0 aliphatic heterocycles. The molecule has 0 spiro atoms. The van der Waals surface area contributed by atoms with Crippen LogP contribution in [0.2, 0.25) is 5.02 Å². The fourth-order valence-corrected chi connectivity index (χ4v) is 2.06. The van der Waals surface area contributed by atoms with Crippen LogP contribution < -0.4 is 10.1 Å². The number of carbonyl (C=O) groups excluding carboxylic acids is 1. The van der Waals surface area contributed by atoms with Crippen molar-refractivity contribution in [3.63, 3.8) is 0 Å². The number of hydrogen-bond acceptors (Lipinski definition) is 4. The number of anilines is 1. The van der Waals surface area contributed by atoms with E-state index < -0.39 is 0 Å². The van der Waals surface area contributed by atoms with Crippen molar-refractivity contribution in [3.05, 3.63) is 58.6 Å². The van der Waals surface area contributed by atoms with Crippen LogP contribution in [-0.2, 0) is 9.63 Å². The molecule has 2 aromatic rings. The van der Waals surface area contributed by atoms with Crippen molar-refractivity contribution in [1.29, 1.82) is 0 Å². The van der Waals surface area contributed by atoms with Crippen LogP contribution in [0.1, 0.15) is 18.1 Å². The van der Waals surface area contributed by atoms with E-state index in [0.29, 0.717) is 17.3 Å². The van der Waals surface area contributed by atoms with Crippen molar-refractivity contribution < 1.29 is 14.4 Å². The minimum absolute atomic E-state index is 0.182. The van der Waals surface area contributed by atoms with Gasteiger partial charge in [0.15, 0.2) is 6.61 Å². The van der Waals surface area contributed by atoms with Gasteiger partial charge in [0.05, 0.1) is 12.8 Å². The lowest BCUT2D eigenvalue weighted by atomic mass is 10.2. The van der Waals surface area contributed by atoms with Crippen LogP contribution >= 0.6 is 11.6 Å². The Balaban J connectivity index is 1.78. The van der Waals surface area contributed by atoms with Gasteiger partial charge in [-0.2, -0.15) is 0 Å². The van der Waals surface area contributed by atoms with Gasteiger partial charge >= 0.3 is 0 Å². The molecule has 0 aromatic heterocycles. The van der Waals surface area contributed by atoms with Crippen LogP contribution in [0.3, 0.4) is 0 Å². The van der Waals surface area contributed by atoms with E-state index in [1.807, 2.05) is 44.2 Å². The Morgan fingerprint density at radius 1 is 1.25 bits per heavy atom. The zero-order valence-electron chi connectivity index (χ0n) is 13.6. The van der Waals surface area contributed by atoms with Crippen LogP contribution in [-0.4, -0.2) is 25.3 Å². The first-order valence-corrected chi connectivity index (χ1v) is 7.90. The molecule has 0 saturated carbocycles. The summed E-state index contributed by atoms with van der Waals surface area (Å²) in [5, 5.41) is 7.07. The maximum absolute atomic E-state index is 11.8. The summed E-state index contributed by atoms with van der Waals surface area (Å²) in [7, 11) is 0. The first kappa shape index (κ1) is 17.8. The van der Waals surface area contributed by atoms with E-state index in [0.717, 1.165) is 16.9 Å². The highest BCUT2D eigenvalue weighted by molar-refractivity contribution is 6.31. The van der Waals surface area contributed by atoms with Crippen LogP contribution in [0, 0.1) is 6.92 Å². The fraction of sp³-hybridized carbons (Fsp3) is 0.222. The van der Waals surface area contributed by atoms with E-state index in [-0.39, 0.29) is 12.5 Å². The van der Waals surface area contributed by atoms with Crippen molar-refractivity contribution in [2.75, 3.05) is 18.5 Å². The summed E-state index contributed by atoms with van der Waals surface area (Å²) in [5.74, 6) is 0.491. The summed E-state index contributed by atoms with van der Waals surface area (Å²) in [4.78, 5) is 16.8. The molecule has 0 bridgehead atoms. The number of amides is 1. The SMILES string of the molecule is CCOc1ccc(/C=N\OCC(=O)Nc2ccc(C)c(Cl)c2)cc1. The van der Waals surface area contributed by atoms with Gasteiger partial charge in [-0.3, -0.25) is 4.79 Å². The molecule has 1 N–H and O–H groups in total. The molecule has 2 aromatic carbocycles. The third kappa shape index (κ3) is 5.59. The zero-order valence-corrected chi connectivity index (χ0v) is 14.3. The molecule has 0 atom stereocenters. The number of oxime groups is 1. The van der Waals surface area contributed by atoms with Crippen molar-refractivity contribution in [2.45, 2.75) is 13.8 Å². The summed E-state index contributed by atoms with van der Waals surface area (Å²) >= 11 is 6.01. The molecule has 126 valence electrons. The molecule has 5 nitrogen and oxygen atoms in total. The van der Waals surface area contributed by atoms with Gasteiger partial charge in [0.1, 0.15) is 5.75 Å². The van der Waals surface area contributed by atoms with Crippen LogP contribution in [0.25, 0.3) is 0 Å². The first-order valence-electron chi connectivity index (χ1n) is 7.52. The van der Waals surface area contributed by atoms with E-state index >= 15 is 0 Å². The van der Waals surface area contributed by atoms with Gasteiger partial charge in [-0.05, 0) is 61.4 Å². The minimum atomic E-state index is -0.307. The van der Waals surface area contributed by atoms with Crippen molar-refractivity contribution in [3.8, 4) is 5.75 Å². The lowest BCUT2D eigenvalue weighted by Crippen LogP contribution is -2.17. The molecule has 0 saturated heterocycles. The van der Waals surface area contributed by atoms with Gasteiger partial charge in [-0.15, -0.1) is 0 Å². The van der Waals surface area contributed by atoms with Crippen molar-refractivity contribution in [2.24, 2.45) is 5.16 Å². The lowest BCUT2D eigenvalue weighted by Gasteiger charge is -2.06. The van der Waals surface area contributed by atoms with E-state index in [1.165, 1.54) is 6.21 Å². The highest BCUT2D eigenvalue weighted by atomic mass is 35.5. The number of nitrogens with zero attached hydrogens (tertiary/aromatic N) is 1. The first-order chi connectivity index (χ1) is 11.6. The maximum atomic E-state index is 11.8. The number of nitrogens with one attached hydrogen (secondary N) is 1. The van der Waals surface area contributed by atoms with Crippen LogP contribution in [0.5, 0.6) is 5.75 Å². The molecule has 0 radical (unpaired) electrons. The van der Waals surface area contributed by atoms with E-state index in [1.54, 1.807) is 12.1 Å². The normalized spacial score (nSPS) is 10.6. The number of ether oxygens (including phenoxy) is 1. The Hall–Kier alpha value is -2.53. The Morgan fingerprint density at radius 3 is 2.67 bits per heavy atom. The van der Waals surface area contributed by atoms with Crippen molar-refractivity contribution >= 4 is 29.4 Å². The van der Waals surface area contributed by atoms with E-state index in [2.05, 4.69) is 10.5 Å². The van der Waals surface area contributed by atoms with E-state index in [4.69, 9.17) is 21.2 Å². The second kappa shape index (κ2) is 8.93. The Labute approximate surface area is 146 Å². The Morgan fingerprint density at radius 2 is 2.00 bits per heavy atom. The van der Waals surface area contributed by atoms with Gasteiger partial charge in [-0.1, -0.05) is 22.8 Å². The fourth-order valence-electron chi connectivity index (χ4n) is 1.88. The lowest BCUT2D eigenvalue weighted by molar-refractivity contribution is -0.120.